The lowest BCUT2D eigenvalue weighted by atomic mass is 9.90. The van der Waals surface area contributed by atoms with Crippen molar-refractivity contribution < 1.29 is 9.53 Å². The third-order valence-electron chi connectivity index (χ3n) is 3.06. The maximum Gasteiger partial charge on any atom is 0.259 e. The number of hydrogen-bond donors (Lipinski definition) is 1. The van der Waals surface area contributed by atoms with Crippen molar-refractivity contribution in [3.05, 3.63) is 28.2 Å². The Kier molecular flexibility index (Phi) is 5.67. The molecule has 1 aromatic rings. The Balaban J connectivity index is 2.65. The van der Waals surface area contributed by atoms with E-state index in [2.05, 4.69) is 11.4 Å². The van der Waals surface area contributed by atoms with E-state index in [1.807, 2.05) is 13.8 Å². The molecule has 0 radical (unpaired) electrons. The van der Waals surface area contributed by atoms with Crippen molar-refractivity contribution >= 4 is 29.1 Å². The number of rotatable bonds is 5. The minimum atomic E-state index is -0.932. The van der Waals surface area contributed by atoms with E-state index in [4.69, 9.17) is 33.2 Å². The highest BCUT2D eigenvalue weighted by molar-refractivity contribution is 6.42. The molecule has 1 N–H and O–H groups in total. The van der Waals surface area contributed by atoms with Gasteiger partial charge in [0.05, 0.1) is 11.1 Å². The maximum absolute atomic E-state index is 11.8. The molecule has 1 atom stereocenters. The van der Waals surface area contributed by atoms with Crippen molar-refractivity contribution in [3.8, 4) is 11.8 Å². The van der Waals surface area contributed by atoms with E-state index >= 15 is 0 Å². The molecule has 0 fully saturated rings. The Morgan fingerprint density at radius 3 is 2.70 bits per heavy atom. The lowest BCUT2D eigenvalue weighted by Gasteiger charge is -2.27. The summed E-state index contributed by atoms with van der Waals surface area (Å²) < 4.78 is 5.31. The summed E-state index contributed by atoms with van der Waals surface area (Å²) in [5.74, 6) is -0.0810. The van der Waals surface area contributed by atoms with Crippen LogP contribution in [0.4, 0.5) is 0 Å². The largest absolute Gasteiger partial charge is 0.482 e. The van der Waals surface area contributed by atoms with Crippen molar-refractivity contribution in [1.29, 1.82) is 5.26 Å². The van der Waals surface area contributed by atoms with E-state index in [-0.39, 0.29) is 17.5 Å². The number of amides is 1. The van der Waals surface area contributed by atoms with Crippen molar-refractivity contribution in [2.45, 2.75) is 26.3 Å². The van der Waals surface area contributed by atoms with Crippen LogP contribution in [0.2, 0.25) is 10.0 Å². The average Bonchev–Trinajstić information content (AvgIpc) is 2.40. The number of carbonyl (C=O) groups is 1. The number of nitrogens with zero attached hydrogens (tertiary/aromatic N) is 1. The zero-order valence-corrected chi connectivity index (χ0v) is 13.0. The van der Waals surface area contributed by atoms with Crippen LogP contribution in [0, 0.1) is 17.2 Å². The van der Waals surface area contributed by atoms with Gasteiger partial charge in [0.25, 0.3) is 5.91 Å². The van der Waals surface area contributed by atoms with E-state index in [0.717, 1.165) is 0 Å². The van der Waals surface area contributed by atoms with E-state index in [0.29, 0.717) is 10.8 Å². The second kappa shape index (κ2) is 6.83. The van der Waals surface area contributed by atoms with Crippen LogP contribution in [0.3, 0.4) is 0 Å². The van der Waals surface area contributed by atoms with Crippen LogP contribution in [0.5, 0.6) is 5.75 Å². The lowest BCUT2D eigenvalue weighted by molar-refractivity contribution is -0.124. The zero-order valence-electron chi connectivity index (χ0n) is 11.5. The summed E-state index contributed by atoms with van der Waals surface area (Å²) >= 11 is 11.8. The van der Waals surface area contributed by atoms with Crippen LogP contribution in [0.1, 0.15) is 20.8 Å². The van der Waals surface area contributed by atoms with Crippen LogP contribution < -0.4 is 10.1 Å². The van der Waals surface area contributed by atoms with Gasteiger partial charge in [0.1, 0.15) is 16.3 Å². The molecular formula is C14H16Cl2N2O2. The third kappa shape index (κ3) is 4.03. The third-order valence-corrected chi connectivity index (χ3v) is 3.86. The minimum Gasteiger partial charge on any atom is -0.482 e. The number of carbonyl (C=O) groups excluding carboxylic acids is 1. The Bertz CT molecular complexity index is 540. The molecule has 0 heterocycles. The quantitative estimate of drug-likeness (QED) is 0.905. The normalized spacial score (nSPS) is 13.4. The molecule has 0 aliphatic heterocycles. The van der Waals surface area contributed by atoms with E-state index in [1.165, 1.54) is 0 Å². The zero-order chi connectivity index (χ0) is 15.3. The molecule has 0 spiro atoms. The molecule has 0 saturated heterocycles. The highest BCUT2D eigenvalue weighted by Gasteiger charge is 2.30. The highest BCUT2D eigenvalue weighted by atomic mass is 35.5. The number of hydrogen-bond acceptors (Lipinski definition) is 3. The monoisotopic (exact) mass is 314 g/mol. The van der Waals surface area contributed by atoms with Gasteiger partial charge in [-0.1, -0.05) is 43.1 Å². The predicted molar refractivity (Wildman–Crippen MR) is 79.0 cm³/mol. The summed E-state index contributed by atoms with van der Waals surface area (Å²) in [6.07, 6.45) is 0. The molecule has 6 heteroatoms. The summed E-state index contributed by atoms with van der Waals surface area (Å²) in [4.78, 5) is 11.8. The smallest absolute Gasteiger partial charge is 0.259 e. The van der Waals surface area contributed by atoms with Gasteiger partial charge in [0, 0.05) is 0 Å². The van der Waals surface area contributed by atoms with Crippen LogP contribution in [-0.4, -0.2) is 18.1 Å². The summed E-state index contributed by atoms with van der Waals surface area (Å²) in [6, 6.07) is 7.01. The van der Waals surface area contributed by atoms with Crippen molar-refractivity contribution in [2.75, 3.05) is 6.61 Å². The highest BCUT2D eigenvalue weighted by Crippen LogP contribution is 2.31. The first kappa shape index (κ1) is 16.6. The van der Waals surface area contributed by atoms with Gasteiger partial charge in [-0.25, -0.2) is 0 Å². The van der Waals surface area contributed by atoms with Crippen molar-refractivity contribution in [3.63, 3.8) is 0 Å². The first-order valence-electron chi connectivity index (χ1n) is 6.09. The van der Waals surface area contributed by atoms with Gasteiger partial charge in [-0.3, -0.25) is 4.79 Å². The summed E-state index contributed by atoms with van der Waals surface area (Å²) in [5.41, 5.74) is -0.932. The summed E-state index contributed by atoms with van der Waals surface area (Å²) in [7, 11) is 0. The van der Waals surface area contributed by atoms with Gasteiger partial charge in [-0.2, -0.15) is 5.26 Å². The van der Waals surface area contributed by atoms with Crippen LogP contribution >= 0.6 is 23.2 Å². The van der Waals surface area contributed by atoms with E-state index < -0.39 is 11.4 Å². The Morgan fingerprint density at radius 2 is 2.15 bits per heavy atom. The van der Waals surface area contributed by atoms with Gasteiger partial charge in [0.2, 0.25) is 0 Å². The maximum atomic E-state index is 11.8. The Labute approximate surface area is 128 Å². The molecular weight excluding hydrogens is 299 g/mol. The van der Waals surface area contributed by atoms with E-state index in [9.17, 15) is 4.79 Å². The Morgan fingerprint density at radius 1 is 1.50 bits per heavy atom. The van der Waals surface area contributed by atoms with Crippen molar-refractivity contribution in [2.24, 2.45) is 5.92 Å². The molecule has 1 rings (SSSR count). The van der Waals surface area contributed by atoms with Crippen LogP contribution in [0.15, 0.2) is 18.2 Å². The molecule has 0 aromatic heterocycles. The first-order chi connectivity index (χ1) is 9.30. The summed E-state index contributed by atoms with van der Waals surface area (Å²) in [5, 5.41) is 12.4. The fourth-order valence-corrected chi connectivity index (χ4v) is 1.71. The topological polar surface area (TPSA) is 62.1 Å². The number of nitrogens with one attached hydrogen (secondary N) is 1. The molecule has 0 aliphatic rings. The minimum absolute atomic E-state index is 0.0220. The molecule has 0 saturated carbocycles. The van der Waals surface area contributed by atoms with Gasteiger partial charge >= 0.3 is 0 Å². The standard InChI is InChI=1S/C14H16Cl2N2O2/c1-9(2)14(3,8-17)18-12(19)7-20-11-6-4-5-10(15)13(11)16/h4-6,9H,7H2,1-3H3,(H,18,19)/t14-/m0/s1. The van der Waals surface area contributed by atoms with Gasteiger partial charge in [-0.05, 0) is 25.0 Å². The molecule has 4 nitrogen and oxygen atoms in total. The number of ether oxygens (including phenoxy) is 1. The SMILES string of the molecule is CC(C)[C@](C)(C#N)NC(=O)COc1cccc(Cl)c1Cl. The molecule has 1 aromatic carbocycles. The van der Waals surface area contributed by atoms with Crippen molar-refractivity contribution in [1.82, 2.24) is 5.32 Å². The first-order valence-corrected chi connectivity index (χ1v) is 6.85. The lowest BCUT2D eigenvalue weighted by Crippen LogP contribution is -2.50. The predicted octanol–water partition coefficient (Wildman–Crippen LogP) is 3.43. The number of halogens is 2. The van der Waals surface area contributed by atoms with Gasteiger partial charge in [-0.15, -0.1) is 0 Å². The molecule has 1 amide bonds. The van der Waals surface area contributed by atoms with Crippen LogP contribution in [-0.2, 0) is 4.79 Å². The Hall–Kier alpha value is -1.44. The summed E-state index contributed by atoms with van der Waals surface area (Å²) in [6.45, 7) is 5.16. The molecule has 20 heavy (non-hydrogen) atoms. The molecule has 0 bridgehead atoms. The average molecular weight is 315 g/mol. The molecule has 0 aliphatic carbocycles. The second-order valence-electron chi connectivity index (χ2n) is 4.86. The van der Waals surface area contributed by atoms with E-state index in [1.54, 1.807) is 25.1 Å². The molecule has 108 valence electrons. The molecule has 0 unspecified atom stereocenters. The fraction of sp³-hybridized carbons (Fsp3) is 0.429. The van der Waals surface area contributed by atoms with Gasteiger partial charge < -0.3 is 10.1 Å². The second-order valence-corrected chi connectivity index (χ2v) is 5.64. The number of benzene rings is 1. The van der Waals surface area contributed by atoms with Gasteiger partial charge in [0.15, 0.2) is 6.61 Å². The number of nitriles is 1. The fourth-order valence-electron chi connectivity index (χ4n) is 1.37. The van der Waals surface area contributed by atoms with Crippen LogP contribution in [0.25, 0.3) is 0 Å².